The third kappa shape index (κ3) is 8.60. The zero-order valence-corrected chi connectivity index (χ0v) is 61.5. The molecule has 0 amide bonds. The highest BCUT2D eigenvalue weighted by Gasteiger charge is 2.25. The summed E-state index contributed by atoms with van der Waals surface area (Å²) in [5, 5.41) is 20.4. The first-order valence-corrected chi connectivity index (χ1v) is 40.1. The third-order valence-electron chi connectivity index (χ3n) is 23.7. The summed E-state index contributed by atoms with van der Waals surface area (Å²) in [7, 11) is 0. The van der Waals surface area contributed by atoms with Crippen molar-refractivity contribution >= 4 is 204 Å². The molecule has 510 valence electrons. The number of hydrogen-bond acceptors (Lipinski definition) is 3. The van der Waals surface area contributed by atoms with Gasteiger partial charge in [0.1, 0.15) is 0 Å². The Balaban J connectivity index is 0.563. The molecule has 8 aromatic heterocycles. The fourth-order valence-electron chi connectivity index (χ4n) is 18.8. The highest BCUT2D eigenvalue weighted by atomic mass is 32.1. The monoisotopic (exact) mass is 1450 g/mol. The second-order valence-corrected chi connectivity index (χ2v) is 32.6. The van der Waals surface area contributed by atoms with Crippen molar-refractivity contribution in [1.82, 2.24) is 22.8 Å². The maximum Gasteiger partial charge on any atom is 0.0719 e. The van der Waals surface area contributed by atoms with Gasteiger partial charge in [-0.3, -0.25) is 0 Å². The Morgan fingerprint density at radius 3 is 1.01 bits per heavy atom. The lowest BCUT2D eigenvalue weighted by atomic mass is 10.0. The van der Waals surface area contributed by atoms with E-state index in [4.69, 9.17) is 0 Å². The molecule has 17 aromatic carbocycles. The Hall–Kier alpha value is -13.6. The highest BCUT2D eigenvalue weighted by Crippen LogP contribution is 2.49. The van der Waals surface area contributed by atoms with E-state index < -0.39 is 0 Å². The Morgan fingerprint density at radius 2 is 0.464 bits per heavy atom. The molecule has 0 atom stereocenters. The summed E-state index contributed by atoms with van der Waals surface area (Å²) in [6, 6.07) is 134. The van der Waals surface area contributed by atoms with Gasteiger partial charge in [-0.15, -0.1) is 34.0 Å². The molecule has 8 heterocycles. The van der Waals surface area contributed by atoms with Gasteiger partial charge in [0.05, 0.1) is 64.6 Å². The summed E-state index contributed by atoms with van der Waals surface area (Å²) in [5.74, 6) is 0. The number of hydrogen-bond donors (Lipinski definition) is 0. The van der Waals surface area contributed by atoms with Gasteiger partial charge in [-0.2, -0.15) is 0 Å². The van der Waals surface area contributed by atoms with Crippen LogP contribution >= 0.6 is 34.0 Å². The Labute approximate surface area is 641 Å². The van der Waals surface area contributed by atoms with Crippen molar-refractivity contribution in [2.45, 2.75) is 0 Å². The summed E-state index contributed by atoms with van der Waals surface area (Å²) in [4.78, 5) is 0. The first-order chi connectivity index (χ1) is 54.5. The van der Waals surface area contributed by atoms with Crippen molar-refractivity contribution in [3.63, 3.8) is 0 Å². The third-order valence-corrected chi connectivity index (χ3v) is 27.3. The summed E-state index contributed by atoms with van der Waals surface area (Å²) in [5.41, 5.74) is 24.9. The normalized spacial score (nSPS) is 12.4. The number of thiophene rings is 3. The van der Waals surface area contributed by atoms with E-state index in [-0.39, 0.29) is 0 Å². The molecule has 25 aromatic rings. The molecule has 110 heavy (non-hydrogen) atoms. The van der Waals surface area contributed by atoms with Crippen molar-refractivity contribution in [1.29, 1.82) is 0 Å². The summed E-state index contributed by atoms with van der Waals surface area (Å²) < 4.78 is 20.2. The molecule has 0 aliphatic carbocycles. The Morgan fingerprint density at radius 1 is 0.155 bits per heavy atom. The SMILES string of the molecule is c1ccc2c(c1)sc1c2ccc2c1c1ccccc1n2-c1ccc(-c2ccc(-n3c4ccccc4c4ccc5c6cc(-c7ccc8c9ccc%10c%11ccccc%11sc%10c9n(-c9ccc(-c%10ccc(-n%11c%12ccccc%12c%12cc(-n%13c%14ccccc%14c%14ccccc%14%13)ccc%12%11)cc%10)cc9)c8c7)ccc6sc5c43)cc2)cc1. The largest absolute Gasteiger partial charge is 0.309 e. The molecule has 0 N–H and O–H groups in total. The average Bonchev–Trinajstić information content (AvgIpc) is 1.61. The number of benzene rings is 17. The van der Waals surface area contributed by atoms with Crippen molar-refractivity contribution in [3.8, 4) is 61.8 Å². The van der Waals surface area contributed by atoms with Gasteiger partial charge < -0.3 is 22.8 Å². The number of aromatic nitrogens is 5. The number of rotatable bonds is 8. The Kier molecular flexibility index (Phi) is 12.6. The van der Waals surface area contributed by atoms with Crippen LogP contribution in [0.2, 0.25) is 0 Å². The molecule has 0 spiro atoms. The molecular weight excluding hydrogens is 1390 g/mol. The van der Waals surface area contributed by atoms with Gasteiger partial charge in [-0.1, -0.05) is 224 Å². The van der Waals surface area contributed by atoms with Gasteiger partial charge in [0.2, 0.25) is 0 Å². The zero-order valence-electron chi connectivity index (χ0n) is 59.0. The van der Waals surface area contributed by atoms with Gasteiger partial charge in [0.25, 0.3) is 0 Å². The van der Waals surface area contributed by atoms with E-state index in [0.29, 0.717) is 0 Å². The van der Waals surface area contributed by atoms with Crippen LogP contribution in [0.4, 0.5) is 0 Å². The maximum atomic E-state index is 2.54. The molecule has 0 unspecified atom stereocenters. The van der Waals surface area contributed by atoms with E-state index in [9.17, 15) is 0 Å². The lowest BCUT2D eigenvalue weighted by Gasteiger charge is -2.12. The standard InChI is InChI=1S/C102H59N5S3/c1-8-22-86-71(15-1)72-16-2-9-23-87(72)105(86)70-47-54-91-84(59-70)74-18-4-10-24-88(74)103(91)66-39-29-60(30-40-66)63-35-45-69(46-36-63)107-93-58-65(37-48-75(93)79-49-51-81-77-20-7-14-28-95(77)109-101(81)99(79)107)64-38-56-96-85(57-64)82-52-50-78-73-17-3-11-25-89(73)106(98(78)102(82)110-96)68-43-33-62(34-44-68)61-31-41-67(42-32-61)104-90-26-12-5-21-83(90)97-92(104)55-53-80-76-19-6-13-27-94(76)108-100(80)97/h1-59H. The fourth-order valence-corrected chi connectivity index (χ4v) is 22.5. The number of nitrogens with zero attached hydrogens (tertiary/aromatic N) is 5. The second-order valence-electron chi connectivity index (χ2n) is 29.4. The summed E-state index contributed by atoms with van der Waals surface area (Å²) in [6.45, 7) is 0. The number of fused-ring (bicyclic) bond motifs is 27. The van der Waals surface area contributed by atoms with Crippen LogP contribution in [-0.2, 0) is 0 Å². The van der Waals surface area contributed by atoms with E-state index in [1.165, 1.54) is 203 Å². The van der Waals surface area contributed by atoms with Crippen LogP contribution in [0, 0.1) is 0 Å². The molecule has 0 saturated heterocycles. The summed E-state index contributed by atoms with van der Waals surface area (Å²) in [6.07, 6.45) is 0. The van der Waals surface area contributed by atoms with E-state index in [2.05, 4.69) is 381 Å². The molecule has 0 bridgehead atoms. The van der Waals surface area contributed by atoms with Gasteiger partial charge in [-0.25, -0.2) is 0 Å². The summed E-state index contributed by atoms with van der Waals surface area (Å²) >= 11 is 5.70. The molecule has 25 rings (SSSR count). The maximum absolute atomic E-state index is 2.54. The van der Waals surface area contributed by atoms with Crippen LogP contribution in [0.3, 0.4) is 0 Å². The van der Waals surface area contributed by atoms with Crippen molar-refractivity contribution in [2.75, 3.05) is 0 Å². The molecule has 0 radical (unpaired) electrons. The first kappa shape index (κ1) is 60.5. The zero-order chi connectivity index (χ0) is 71.6. The predicted octanol–water partition coefficient (Wildman–Crippen LogP) is 29.3. The first-order valence-electron chi connectivity index (χ1n) is 37.6. The van der Waals surface area contributed by atoms with Crippen LogP contribution < -0.4 is 0 Å². The fraction of sp³-hybridized carbons (Fsp3) is 0. The van der Waals surface area contributed by atoms with Crippen LogP contribution in [-0.4, -0.2) is 22.8 Å². The lowest BCUT2D eigenvalue weighted by Crippen LogP contribution is -1.96. The lowest BCUT2D eigenvalue weighted by molar-refractivity contribution is 1.16. The molecule has 0 saturated carbocycles. The van der Waals surface area contributed by atoms with Gasteiger partial charge >= 0.3 is 0 Å². The van der Waals surface area contributed by atoms with E-state index in [1.54, 1.807) is 0 Å². The molecule has 5 nitrogen and oxygen atoms in total. The smallest absolute Gasteiger partial charge is 0.0719 e. The molecule has 0 fully saturated rings. The topological polar surface area (TPSA) is 24.6 Å². The van der Waals surface area contributed by atoms with Crippen molar-refractivity contribution in [3.05, 3.63) is 358 Å². The quantitative estimate of drug-likeness (QED) is 0.145. The minimum Gasteiger partial charge on any atom is -0.309 e. The molecule has 0 aliphatic rings. The second kappa shape index (κ2) is 23.0. The van der Waals surface area contributed by atoms with Gasteiger partial charge in [-0.05, 0) is 167 Å². The van der Waals surface area contributed by atoms with Crippen LogP contribution in [0.1, 0.15) is 0 Å². The van der Waals surface area contributed by atoms with E-state index in [1.807, 2.05) is 34.0 Å². The van der Waals surface area contributed by atoms with Crippen LogP contribution in [0.15, 0.2) is 358 Å². The Bertz CT molecular complexity index is 8200. The van der Waals surface area contributed by atoms with Crippen molar-refractivity contribution < 1.29 is 0 Å². The van der Waals surface area contributed by atoms with Gasteiger partial charge in [0, 0.05) is 133 Å². The molecule has 0 aliphatic heterocycles. The minimum atomic E-state index is 1.13. The number of para-hydroxylation sites is 5. The van der Waals surface area contributed by atoms with Gasteiger partial charge in [0.15, 0.2) is 0 Å². The highest BCUT2D eigenvalue weighted by molar-refractivity contribution is 7.27. The molecule has 8 heteroatoms. The van der Waals surface area contributed by atoms with Crippen molar-refractivity contribution in [2.24, 2.45) is 0 Å². The van der Waals surface area contributed by atoms with Crippen LogP contribution in [0.25, 0.3) is 231 Å². The van der Waals surface area contributed by atoms with E-state index >= 15 is 0 Å². The minimum absolute atomic E-state index is 1.13. The molecular formula is C102H59N5S3. The average molecular weight is 1450 g/mol. The predicted molar refractivity (Wildman–Crippen MR) is 473 cm³/mol. The van der Waals surface area contributed by atoms with E-state index in [0.717, 1.165) is 28.4 Å². The van der Waals surface area contributed by atoms with Crippen LogP contribution in [0.5, 0.6) is 0 Å².